The Morgan fingerprint density at radius 3 is 2.58 bits per heavy atom. The predicted octanol–water partition coefficient (Wildman–Crippen LogP) is 3.46. The van der Waals surface area contributed by atoms with Gasteiger partial charge in [-0.3, -0.25) is 4.79 Å². The third-order valence-corrected chi connectivity index (χ3v) is 2.95. The normalized spacial score (nSPS) is 8.89. The molecule has 0 atom stereocenters. The number of thiazole rings is 1. The number of aliphatic carboxylic acids is 1. The topological polar surface area (TPSA) is 81.8 Å². The number of nitrogens with one attached hydrogen (secondary N) is 2. The number of fused-ring (bicyclic) bond motifs is 1. The molecular formula is C12H13N3O2S2. The summed E-state index contributed by atoms with van der Waals surface area (Å²) in [6.07, 6.45) is 5.08. The van der Waals surface area contributed by atoms with Crippen LogP contribution in [0.15, 0.2) is 43.0 Å². The summed E-state index contributed by atoms with van der Waals surface area (Å²) in [7, 11) is 0. The highest BCUT2D eigenvalue weighted by Crippen LogP contribution is 2.17. The zero-order chi connectivity index (χ0) is 14.1. The Hall–Kier alpha value is -1.99. The van der Waals surface area contributed by atoms with Crippen LogP contribution < -0.4 is 0 Å². The lowest BCUT2D eigenvalue weighted by molar-refractivity contribution is -0.134. The van der Waals surface area contributed by atoms with Gasteiger partial charge in [0.1, 0.15) is 0 Å². The second-order valence-electron chi connectivity index (χ2n) is 3.29. The smallest absolute Gasteiger partial charge is 0.300 e. The van der Waals surface area contributed by atoms with Gasteiger partial charge in [0.15, 0.2) is 3.95 Å². The van der Waals surface area contributed by atoms with Gasteiger partial charge in [-0.05, 0) is 24.4 Å². The van der Waals surface area contributed by atoms with Gasteiger partial charge >= 0.3 is 0 Å². The molecule has 2 aromatic heterocycles. The number of rotatable bonds is 0. The molecule has 0 aliphatic rings. The van der Waals surface area contributed by atoms with Gasteiger partial charge in [0.2, 0.25) is 0 Å². The lowest BCUT2D eigenvalue weighted by atomic mass is 10.3. The number of carboxylic acid groups (broad SMARTS) is 1. The summed E-state index contributed by atoms with van der Waals surface area (Å²) in [5, 5.41) is 7.42. The number of aromatic nitrogens is 3. The minimum absolute atomic E-state index is 0.833. The third-order valence-electron chi connectivity index (χ3n) is 1.73. The molecule has 0 saturated carbocycles. The maximum Gasteiger partial charge on any atom is 0.300 e. The van der Waals surface area contributed by atoms with Gasteiger partial charge in [0.25, 0.3) is 5.97 Å². The SMILES string of the molecule is CC(=O)O.S=c1[nH]c2ccccc2s1.c1c[nH]cn1. The molecule has 3 aromatic rings. The van der Waals surface area contributed by atoms with Gasteiger partial charge in [-0.1, -0.05) is 12.1 Å². The summed E-state index contributed by atoms with van der Waals surface area (Å²) in [6.45, 7) is 1.08. The van der Waals surface area contributed by atoms with Crippen molar-refractivity contribution < 1.29 is 9.90 Å². The van der Waals surface area contributed by atoms with E-state index in [0.717, 1.165) is 16.4 Å². The fraction of sp³-hybridized carbons (Fsp3) is 0.0833. The number of imidazole rings is 1. The molecule has 0 fully saturated rings. The van der Waals surface area contributed by atoms with Crippen LogP contribution in [-0.2, 0) is 4.79 Å². The Bertz CT molecular complexity index is 602. The molecule has 0 unspecified atom stereocenters. The summed E-state index contributed by atoms with van der Waals surface area (Å²) >= 11 is 6.59. The van der Waals surface area contributed by atoms with Gasteiger partial charge in [-0.2, -0.15) is 0 Å². The fourth-order valence-electron chi connectivity index (χ4n) is 1.11. The van der Waals surface area contributed by atoms with E-state index >= 15 is 0 Å². The van der Waals surface area contributed by atoms with Crippen LogP contribution in [0, 0.1) is 3.95 Å². The van der Waals surface area contributed by atoms with Crippen LogP contribution in [0.2, 0.25) is 0 Å². The third kappa shape index (κ3) is 6.49. The maximum absolute atomic E-state index is 9.00. The van der Waals surface area contributed by atoms with Crippen molar-refractivity contribution in [3.05, 3.63) is 46.9 Å². The number of carbonyl (C=O) groups is 1. The molecular weight excluding hydrogens is 282 g/mol. The number of nitrogens with zero attached hydrogens (tertiary/aromatic N) is 1. The van der Waals surface area contributed by atoms with Crippen molar-refractivity contribution in [3.63, 3.8) is 0 Å². The van der Waals surface area contributed by atoms with E-state index < -0.39 is 5.97 Å². The summed E-state index contributed by atoms with van der Waals surface area (Å²) in [6, 6.07) is 8.11. The van der Waals surface area contributed by atoms with Crippen LogP contribution in [0.1, 0.15) is 6.92 Å². The van der Waals surface area contributed by atoms with Crippen molar-refractivity contribution in [2.45, 2.75) is 6.92 Å². The van der Waals surface area contributed by atoms with Gasteiger partial charge in [-0.15, -0.1) is 11.3 Å². The zero-order valence-corrected chi connectivity index (χ0v) is 11.8. The molecule has 5 nitrogen and oxygen atoms in total. The average Bonchev–Trinajstić information content (AvgIpc) is 2.98. The Labute approximate surface area is 119 Å². The Morgan fingerprint density at radius 1 is 1.42 bits per heavy atom. The first kappa shape index (κ1) is 15.1. The first-order chi connectivity index (χ1) is 9.09. The molecule has 0 spiro atoms. The molecule has 7 heteroatoms. The van der Waals surface area contributed by atoms with E-state index in [1.54, 1.807) is 30.1 Å². The van der Waals surface area contributed by atoms with E-state index in [-0.39, 0.29) is 0 Å². The molecule has 3 rings (SSSR count). The number of H-pyrrole nitrogens is 2. The standard InChI is InChI=1S/C7H5NS2.C3H4N2.C2H4O2/c9-7-8-5-3-1-2-4-6(5)10-7;1-2-5-3-4-1;1-2(3)4/h1-4H,(H,8,9);1-3H,(H,4,5);1H3,(H,3,4). The quantitative estimate of drug-likeness (QED) is 0.555. The van der Waals surface area contributed by atoms with Crippen LogP contribution in [0.4, 0.5) is 0 Å². The van der Waals surface area contributed by atoms with Crippen molar-refractivity contribution in [2.75, 3.05) is 0 Å². The number of benzene rings is 1. The van der Waals surface area contributed by atoms with E-state index in [4.69, 9.17) is 22.1 Å². The second-order valence-corrected chi connectivity index (χ2v) is 5.01. The molecule has 0 amide bonds. The number of hydrogen-bond acceptors (Lipinski definition) is 4. The lowest BCUT2D eigenvalue weighted by Crippen LogP contribution is -1.78. The molecule has 2 heterocycles. The largest absolute Gasteiger partial charge is 0.481 e. The number of para-hydroxylation sites is 1. The van der Waals surface area contributed by atoms with Crippen molar-refractivity contribution in [1.82, 2.24) is 15.0 Å². The molecule has 0 bridgehead atoms. The number of carboxylic acids is 1. The van der Waals surface area contributed by atoms with Gasteiger partial charge in [0, 0.05) is 19.3 Å². The van der Waals surface area contributed by atoms with Crippen LogP contribution in [-0.4, -0.2) is 26.0 Å². The van der Waals surface area contributed by atoms with Gasteiger partial charge in [-0.25, -0.2) is 4.98 Å². The monoisotopic (exact) mass is 295 g/mol. The molecule has 3 N–H and O–H groups in total. The van der Waals surface area contributed by atoms with Crippen molar-refractivity contribution in [3.8, 4) is 0 Å². The predicted molar refractivity (Wildman–Crippen MR) is 78.9 cm³/mol. The first-order valence-corrected chi connectivity index (χ1v) is 6.52. The minimum Gasteiger partial charge on any atom is -0.481 e. The lowest BCUT2D eigenvalue weighted by Gasteiger charge is -1.81. The molecule has 1 aromatic carbocycles. The van der Waals surface area contributed by atoms with E-state index in [9.17, 15) is 0 Å². The van der Waals surface area contributed by atoms with Crippen molar-refractivity contribution in [1.29, 1.82) is 0 Å². The number of hydrogen-bond donors (Lipinski definition) is 3. The Kier molecular flexibility index (Phi) is 6.48. The van der Waals surface area contributed by atoms with Crippen LogP contribution in [0.25, 0.3) is 10.2 Å². The first-order valence-electron chi connectivity index (χ1n) is 5.29. The Balaban J connectivity index is 0.000000169. The molecule has 19 heavy (non-hydrogen) atoms. The molecule has 0 radical (unpaired) electrons. The van der Waals surface area contributed by atoms with Crippen molar-refractivity contribution >= 4 is 39.7 Å². The summed E-state index contributed by atoms with van der Waals surface area (Å²) < 4.78 is 2.08. The number of aromatic amines is 2. The van der Waals surface area contributed by atoms with E-state index in [0.29, 0.717) is 0 Å². The fourth-order valence-corrected chi connectivity index (χ4v) is 2.23. The highest BCUT2D eigenvalue weighted by Gasteiger charge is 1.91. The second kappa shape index (κ2) is 8.17. The highest BCUT2D eigenvalue weighted by molar-refractivity contribution is 7.73. The van der Waals surface area contributed by atoms with Gasteiger partial charge in [0.05, 0.1) is 16.5 Å². The molecule has 100 valence electrons. The summed E-state index contributed by atoms with van der Waals surface area (Å²) in [5.74, 6) is -0.833. The van der Waals surface area contributed by atoms with E-state index in [1.165, 1.54) is 4.70 Å². The molecule has 0 aliphatic heterocycles. The van der Waals surface area contributed by atoms with E-state index in [1.807, 2.05) is 18.2 Å². The maximum atomic E-state index is 9.00. The Morgan fingerprint density at radius 2 is 2.11 bits per heavy atom. The molecule has 0 aliphatic carbocycles. The van der Waals surface area contributed by atoms with Crippen molar-refractivity contribution in [2.24, 2.45) is 0 Å². The van der Waals surface area contributed by atoms with Crippen LogP contribution in [0.3, 0.4) is 0 Å². The minimum atomic E-state index is -0.833. The average molecular weight is 295 g/mol. The van der Waals surface area contributed by atoms with Crippen LogP contribution in [0.5, 0.6) is 0 Å². The van der Waals surface area contributed by atoms with E-state index in [2.05, 4.69) is 21.0 Å². The highest BCUT2D eigenvalue weighted by atomic mass is 32.1. The van der Waals surface area contributed by atoms with Gasteiger partial charge < -0.3 is 15.1 Å². The summed E-state index contributed by atoms with van der Waals surface area (Å²) in [4.78, 5) is 18.5. The molecule has 0 saturated heterocycles. The zero-order valence-electron chi connectivity index (χ0n) is 10.2. The summed E-state index contributed by atoms with van der Waals surface area (Å²) in [5.41, 5.74) is 1.14. The van der Waals surface area contributed by atoms with Crippen LogP contribution >= 0.6 is 23.6 Å².